The molecule has 0 bridgehead atoms. The molecule has 0 aliphatic heterocycles. The van der Waals surface area contributed by atoms with E-state index >= 15 is 0 Å². The highest BCUT2D eigenvalue weighted by Gasteiger charge is 2.27. The van der Waals surface area contributed by atoms with Crippen LogP contribution in [0.15, 0.2) is 83.6 Å². The Morgan fingerprint density at radius 3 is 1.81 bits per heavy atom. The Bertz CT molecular complexity index is 1170. The van der Waals surface area contributed by atoms with Crippen molar-refractivity contribution in [2.24, 2.45) is 0 Å². The zero-order chi connectivity index (χ0) is 18.4. The maximum Gasteiger partial charge on any atom is 0.120 e. The molecule has 132 valence electrons. The molecule has 3 N–H and O–H groups in total. The zero-order valence-corrected chi connectivity index (χ0v) is 16.0. The highest BCUT2D eigenvalue weighted by Crippen LogP contribution is 2.45. The predicted molar refractivity (Wildman–Crippen MR) is 113 cm³/mol. The van der Waals surface area contributed by atoms with Crippen LogP contribution in [0.3, 0.4) is 0 Å². The van der Waals surface area contributed by atoms with E-state index < -0.39 is 0 Å². The zero-order valence-electron chi connectivity index (χ0n) is 14.4. The topological polar surface area (TPSA) is 51.8 Å². The summed E-state index contributed by atoms with van der Waals surface area (Å²) in [5.41, 5.74) is 5.31. The minimum absolute atomic E-state index is 0.118. The second-order valence-corrected chi connectivity index (χ2v) is 7.54. The average molecular weight is 417 g/mol. The molecule has 3 nitrogen and oxygen atoms in total. The molecule has 0 aliphatic carbocycles. The minimum atomic E-state index is -0.118. The van der Waals surface area contributed by atoms with Crippen molar-refractivity contribution < 1.29 is 5.11 Å². The fourth-order valence-corrected chi connectivity index (χ4v) is 4.54. The number of para-hydroxylation sites is 2. The van der Waals surface area contributed by atoms with E-state index in [1.54, 1.807) is 6.07 Å². The van der Waals surface area contributed by atoms with Gasteiger partial charge in [-0.2, -0.15) is 0 Å². The van der Waals surface area contributed by atoms with Crippen LogP contribution in [-0.2, 0) is 0 Å². The predicted octanol–water partition coefficient (Wildman–Crippen LogP) is 6.30. The minimum Gasteiger partial charge on any atom is -0.508 e. The third-order valence-electron chi connectivity index (χ3n) is 5.18. The van der Waals surface area contributed by atoms with Gasteiger partial charge >= 0.3 is 0 Å². The number of aromatic hydroxyl groups is 1. The molecule has 4 heteroatoms. The number of halogens is 1. The molecule has 0 saturated heterocycles. The Morgan fingerprint density at radius 1 is 0.704 bits per heavy atom. The monoisotopic (exact) mass is 416 g/mol. The van der Waals surface area contributed by atoms with Gasteiger partial charge in [0.25, 0.3) is 0 Å². The van der Waals surface area contributed by atoms with Crippen LogP contribution in [0.25, 0.3) is 21.8 Å². The molecule has 0 spiro atoms. The molecule has 2 aromatic heterocycles. The van der Waals surface area contributed by atoms with Crippen molar-refractivity contribution in [1.29, 1.82) is 0 Å². The van der Waals surface area contributed by atoms with E-state index in [4.69, 9.17) is 0 Å². The number of phenolic OH excluding ortho intramolecular Hbond substituents is 1. The molecule has 27 heavy (non-hydrogen) atoms. The summed E-state index contributed by atoms with van der Waals surface area (Å²) in [6.07, 6.45) is 4.10. The number of phenols is 1. The Kier molecular flexibility index (Phi) is 3.80. The Morgan fingerprint density at radius 2 is 1.26 bits per heavy atom. The lowest BCUT2D eigenvalue weighted by Gasteiger charge is -2.20. The van der Waals surface area contributed by atoms with E-state index in [9.17, 15) is 5.11 Å². The molecule has 0 radical (unpaired) electrons. The van der Waals surface area contributed by atoms with Crippen molar-refractivity contribution in [2.75, 3.05) is 0 Å². The van der Waals surface area contributed by atoms with Crippen LogP contribution >= 0.6 is 15.9 Å². The largest absolute Gasteiger partial charge is 0.508 e. The normalized spacial score (nSPS) is 11.6. The number of benzene rings is 3. The molecule has 0 saturated carbocycles. The van der Waals surface area contributed by atoms with E-state index in [0.29, 0.717) is 0 Å². The highest BCUT2D eigenvalue weighted by molar-refractivity contribution is 9.10. The number of fused-ring (bicyclic) bond motifs is 2. The van der Waals surface area contributed by atoms with Crippen molar-refractivity contribution in [2.45, 2.75) is 5.92 Å². The van der Waals surface area contributed by atoms with E-state index in [2.05, 4.69) is 62.6 Å². The summed E-state index contributed by atoms with van der Waals surface area (Å²) in [5, 5.41) is 13.1. The van der Waals surface area contributed by atoms with Gasteiger partial charge in [-0.25, -0.2) is 0 Å². The van der Waals surface area contributed by atoms with E-state index in [1.807, 2.05) is 36.4 Å². The quantitative estimate of drug-likeness (QED) is 0.317. The third-order valence-corrected chi connectivity index (χ3v) is 5.87. The van der Waals surface area contributed by atoms with Crippen LogP contribution in [0, 0.1) is 0 Å². The average Bonchev–Trinajstić information content (AvgIpc) is 3.30. The summed E-state index contributed by atoms with van der Waals surface area (Å²) >= 11 is 3.67. The smallest absolute Gasteiger partial charge is 0.120 e. The van der Waals surface area contributed by atoms with Crippen LogP contribution in [0.4, 0.5) is 0 Å². The first kappa shape index (κ1) is 16.2. The van der Waals surface area contributed by atoms with Gasteiger partial charge in [0.05, 0.1) is 0 Å². The summed E-state index contributed by atoms with van der Waals surface area (Å²) < 4.78 is 0.892. The van der Waals surface area contributed by atoms with Gasteiger partial charge in [0.2, 0.25) is 0 Å². The van der Waals surface area contributed by atoms with Gasteiger partial charge in [0, 0.05) is 50.2 Å². The first-order chi connectivity index (χ1) is 13.2. The van der Waals surface area contributed by atoms with Gasteiger partial charge in [-0.3, -0.25) is 0 Å². The number of H-pyrrole nitrogens is 2. The molecule has 0 aliphatic rings. The molecule has 0 fully saturated rings. The molecular weight excluding hydrogens is 400 g/mol. The first-order valence-electron chi connectivity index (χ1n) is 8.83. The van der Waals surface area contributed by atoms with Crippen LogP contribution in [0.2, 0.25) is 0 Å². The number of nitrogens with one attached hydrogen (secondary N) is 2. The number of hydrogen-bond acceptors (Lipinski definition) is 1. The van der Waals surface area contributed by atoms with Crippen molar-refractivity contribution >= 4 is 37.7 Å². The molecule has 2 heterocycles. The molecule has 0 atom stereocenters. The van der Waals surface area contributed by atoms with Crippen molar-refractivity contribution in [3.63, 3.8) is 0 Å². The van der Waals surface area contributed by atoms with Gasteiger partial charge in [-0.1, -0.05) is 58.4 Å². The highest BCUT2D eigenvalue weighted by atomic mass is 79.9. The Labute approximate surface area is 164 Å². The molecule has 5 rings (SSSR count). The van der Waals surface area contributed by atoms with Crippen LogP contribution in [0.1, 0.15) is 22.6 Å². The number of hydrogen-bond donors (Lipinski definition) is 3. The lowest BCUT2D eigenvalue weighted by molar-refractivity contribution is 0.467. The fourth-order valence-electron chi connectivity index (χ4n) is 3.96. The number of aromatic nitrogens is 2. The molecular formula is C23H17BrN2O. The molecule has 5 aromatic rings. The summed E-state index contributed by atoms with van der Waals surface area (Å²) in [7, 11) is 0. The Balaban J connectivity index is 1.86. The number of aromatic amines is 2. The van der Waals surface area contributed by atoms with E-state index in [1.165, 1.54) is 0 Å². The van der Waals surface area contributed by atoms with Gasteiger partial charge in [0.15, 0.2) is 0 Å². The summed E-state index contributed by atoms with van der Waals surface area (Å²) in [6.45, 7) is 0. The third kappa shape index (κ3) is 2.56. The fraction of sp³-hybridized carbons (Fsp3) is 0.0435. The summed E-state index contributed by atoms with van der Waals surface area (Å²) in [4.78, 5) is 6.76. The van der Waals surface area contributed by atoms with Gasteiger partial charge < -0.3 is 15.1 Å². The maximum atomic E-state index is 10.8. The molecule has 0 unspecified atom stereocenters. The first-order valence-corrected chi connectivity index (χ1v) is 9.63. The second kappa shape index (κ2) is 6.32. The lowest BCUT2D eigenvalue weighted by atomic mass is 9.84. The van der Waals surface area contributed by atoms with Gasteiger partial charge in [-0.05, 0) is 35.4 Å². The van der Waals surface area contributed by atoms with Crippen molar-refractivity contribution in [1.82, 2.24) is 9.97 Å². The summed E-state index contributed by atoms with van der Waals surface area (Å²) in [6, 6.07) is 22.1. The molecule has 0 amide bonds. The van der Waals surface area contributed by atoms with Crippen molar-refractivity contribution in [3.05, 3.63) is 100 Å². The van der Waals surface area contributed by atoms with Crippen LogP contribution in [-0.4, -0.2) is 15.1 Å². The van der Waals surface area contributed by atoms with E-state index in [0.717, 1.165) is 43.0 Å². The van der Waals surface area contributed by atoms with Crippen LogP contribution in [0.5, 0.6) is 5.75 Å². The maximum absolute atomic E-state index is 10.8. The molecule has 3 aromatic carbocycles. The SMILES string of the molecule is Oc1cccc(Br)c1C(c1c[nH]c2ccccc12)c1c[nH]c2ccccc12. The Hall–Kier alpha value is -2.98. The lowest BCUT2D eigenvalue weighted by Crippen LogP contribution is -2.04. The summed E-state index contributed by atoms with van der Waals surface area (Å²) in [5.74, 6) is 0.165. The van der Waals surface area contributed by atoms with Gasteiger partial charge in [-0.15, -0.1) is 0 Å². The van der Waals surface area contributed by atoms with Crippen LogP contribution < -0.4 is 0 Å². The standard InChI is InChI=1S/C23H17BrN2O/c24-18-8-5-11-21(27)23(18)22(16-12-25-19-9-3-1-6-14(16)19)17-13-26-20-10-4-2-7-15(17)20/h1-13,22,25-27H. The van der Waals surface area contributed by atoms with Crippen molar-refractivity contribution in [3.8, 4) is 5.75 Å². The van der Waals surface area contributed by atoms with Gasteiger partial charge in [0.1, 0.15) is 5.75 Å². The second-order valence-electron chi connectivity index (χ2n) is 6.68. The van der Waals surface area contributed by atoms with E-state index in [-0.39, 0.29) is 11.7 Å². The number of rotatable bonds is 3.